The summed E-state index contributed by atoms with van der Waals surface area (Å²) in [6, 6.07) is 11.3. The Balaban J connectivity index is 1.58. The Morgan fingerprint density at radius 2 is 1.69 bits per heavy atom. The molecule has 0 spiro atoms. The summed E-state index contributed by atoms with van der Waals surface area (Å²) in [5.74, 6) is 2.79. The van der Waals surface area contributed by atoms with E-state index in [0.717, 1.165) is 16.9 Å². The van der Waals surface area contributed by atoms with Crippen LogP contribution < -0.4 is 14.2 Å². The zero-order valence-corrected chi connectivity index (χ0v) is 17.7. The van der Waals surface area contributed by atoms with Crippen LogP contribution in [0.4, 0.5) is 0 Å². The molecule has 0 fully saturated rings. The first kappa shape index (κ1) is 21.0. The van der Waals surface area contributed by atoms with Crippen molar-refractivity contribution in [3.63, 3.8) is 0 Å². The largest absolute Gasteiger partial charge is 0.497 e. The first-order valence-electron chi connectivity index (χ1n) is 9.07. The lowest BCUT2D eigenvalue weighted by Crippen LogP contribution is -2.20. The van der Waals surface area contributed by atoms with E-state index in [9.17, 15) is 5.11 Å². The van der Waals surface area contributed by atoms with Crippen LogP contribution in [0.5, 0.6) is 17.2 Å². The Labute approximate surface area is 174 Å². The molecule has 0 amide bonds. The van der Waals surface area contributed by atoms with Crippen molar-refractivity contribution in [2.24, 2.45) is 0 Å². The average Bonchev–Trinajstić information content (AvgIpc) is 3.20. The summed E-state index contributed by atoms with van der Waals surface area (Å²) in [6.45, 7) is 4.15. The van der Waals surface area contributed by atoms with Gasteiger partial charge in [-0.3, -0.25) is 0 Å². The molecular formula is C21H24N2O5S. The highest BCUT2D eigenvalue weighted by atomic mass is 32.2. The van der Waals surface area contributed by atoms with Crippen molar-refractivity contribution in [1.29, 1.82) is 0 Å². The van der Waals surface area contributed by atoms with E-state index in [2.05, 4.69) is 10.2 Å². The molecule has 0 unspecified atom stereocenters. The lowest BCUT2D eigenvalue weighted by atomic mass is 10.1. The number of methoxy groups -OCH3 is 2. The lowest BCUT2D eigenvalue weighted by molar-refractivity contribution is 0.125. The van der Waals surface area contributed by atoms with Gasteiger partial charge in [0.25, 0.3) is 5.22 Å². The van der Waals surface area contributed by atoms with Gasteiger partial charge in [0.15, 0.2) is 0 Å². The van der Waals surface area contributed by atoms with Crippen LogP contribution in [0.15, 0.2) is 46.0 Å². The van der Waals surface area contributed by atoms with Gasteiger partial charge < -0.3 is 23.7 Å². The van der Waals surface area contributed by atoms with Gasteiger partial charge in [-0.25, -0.2) is 0 Å². The maximum atomic E-state index is 10.2. The Morgan fingerprint density at radius 3 is 2.31 bits per heavy atom. The maximum absolute atomic E-state index is 10.2. The smallest absolute Gasteiger partial charge is 0.276 e. The number of benzene rings is 2. The quantitative estimate of drug-likeness (QED) is 0.526. The number of nitrogens with zero attached hydrogens (tertiary/aromatic N) is 2. The molecule has 0 saturated heterocycles. The van der Waals surface area contributed by atoms with Gasteiger partial charge >= 0.3 is 0 Å². The molecule has 0 aliphatic rings. The molecule has 3 aromatic rings. The average molecular weight is 416 g/mol. The predicted molar refractivity (Wildman–Crippen MR) is 111 cm³/mol. The van der Waals surface area contributed by atoms with E-state index in [4.69, 9.17) is 18.6 Å². The number of hydrogen-bond donors (Lipinski definition) is 1. The summed E-state index contributed by atoms with van der Waals surface area (Å²) in [5.41, 5.74) is 2.78. The van der Waals surface area contributed by atoms with E-state index in [-0.39, 0.29) is 6.61 Å². The van der Waals surface area contributed by atoms with Crippen LogP contribution >= 0.6 is 11.8 Å². The third-order valence-corrected chi connectivity index (χ3v) is 5.20. The van der Waals surface area contributed by atoms with Crippen molar-refractivity contribution in [2.45, 2.75) is 25.2 Å². The fourth-order valence-electron chi connectivity index (χ4n) is 2.74. The Hall–Kier alpha value is -2.71. The molecule has 8 heteroatoms. The molecule has 7 nitrogen and oxygen atoms in total. The summed E-state index contributed by atoms with van der Waals surface area (Å²) in [5, 5.41) is 18.7. The van der Waals surface area contributed by atoms with E-state index in [0.29, 0.717) is 33.9 Å². The van der Waals surface area contributed by atoms with Crippen LogP contribution in [0.3, 0.4) is 0 Å². The van der Waals surface area contributed by atoms with Gasteiger partial charge in [-0.15, -0.1) is 10.2 Å². The van der Waals surface area contributed by atoms with Crippen molar-refractivity contribution in [3.05, 3.63) is 47.5 Å². The fourth-order valence-corrected chi connectivity index (χ4v) is 3.41. The second kappa shape index (κ2) is 9.67. The van der Waals surface area contributed by atoms with Crippen molar-refractivity contribution in [2.75, 3.05) is 26.6 Å². The zero-order valence-electron chi connectivity index (χ0n) is 16.8. The number of aryl methyl sites for hydroxylation is 2. The SMILES string of the molecule is COc1cc(OC)cc(-c2nnc(SC[C@@H](O)COc3c(C)cccc3C)o2)c1. The molecule has 1 aromatic heterocycles. The highest BCUT2D eigenvalue weighted by molar-refractivity contribution is 7.99. The number of aliphatic hydroxyl groups is 1. The molecule has 3 rings (SSSR count). The summed E-state index contributed by atoms with van der Waals surface area (Å²) in [4.78, 5) is 0. The monoisotopic (exact) mass is 416 g/mol. The number of para-hydroxylation sites is 1. The number of hydrogen-bond acceptors (Lipinski definition) is 8. The second-order valence-corrected chi connectivity index (χ2v) is 7.44. The molecule has 1 N–H and O–H groups in total. The van der Waals surface area contributed by atoms with Gasteiger partial charge in [-0.1, -0.05) is 30.0 Å². The maximum Gasteiger partial charge on any atom is 0.276 e. The standard InChI is InChI=1S/C21H24N2O5S/c1-13-6-5-7-14(2)19(13)27-11-16(24)12-29-21-23-22-20(28-21)15-8-17(25-3)10-18(9-15)26-4/h5-10,16,24H,11-12H2,1-4H3/t16-/m0/s1. The minimum atomic E-state index is -0.675. The number of aliphatic hydroxyl groups excluding tert-OH is 1. The third-order valence-electron chi connectivity index (χ3n) is 4.23. The Morgan fingerprint density at radius 1 is 1.03 bits per heavy atom. The Bertz CT molecular complexity index is 917. The van der Waals surface area contributed by atoms with Gasteiger partial charge in [0.05, 0.1) is 20.3 Å². The van der Waals surface area contributed by atoms with Crippen LogP contribution in [0.25, 0.3) is 11.5 Å². The number of aromatic nitrogens is 2. The van der Waals surface area contributed by atoms with Gasteiger partial charge in [0.2, 0.25) is 5.89 Å². The molecule has 2 aromatic carbocycles. The van der Waals surface area contributed by atoms with Gasteiger partial charge in [0, 0.05) is 17.4 Å². The van der Waals surface area contributed by atoms with E-state index in [1.807, 2.05) is 32.0 Å². The number of thioether (sulfide) groups is 1. The van der Waals surface area contributed by atoms with Gasteiger partial charge in [-0.05, 0) is 37.1 Å². The van der Waals surface area contributed by atoms with Crippen molar-refractivity contribution in [3.8, 4) is 28.7 Å². The van der Waals surface area contributed by atoms with Crippen LogP contribution in [-0.4, -0.2) is 48.0 Å². The summed E-state index contributed by atoms with van der Waals surface area (Å²) >= 11 is 1.27. The molecular weight excluding hydrogens is 392 g/mol. The summed E-state index contributed by atoms with van der Waals surface area (Å²) < 4.78 is 22.0. The van der Waals surface area contributed by atoms with Crippen molar-refractivity contribution < 1.29 is 23.7 Å². The van der Waals surface area contributed by atoms with Crippen molar-refractivity contribution in [1.82, 2.24) is 10.2 Å². The second-order valence-electron chi connectivity index (χ2n) is 6.47. The predicted octanol–water partition coefficient (Wildman–Crippen LogP) is 3.90. The van der Waals surface area contributed by atoms with E-state index in [1.54, 1.807) is 32.4 Å². The highest BCUT2D eigenvalue weighted by Crippen LogP contribution is 2.30. The van der Waals surface area contributed by atoms with Crippen LogP contribution in [-0.2, 0) is 0 Å². The van der Waals surface area contributed by atoms with Crippen molar-refractivity contribution >= 4 is 11.8 Å². The van der Waals surface area contributed by atoms with Crippen LogP contribution in [0.1, 0.15) is 11.1 Å². The zero-order chi connectivity index (χ0) is 20.8. The summed E-state index contributed by atoms with van der Waals surface area (Å²) in [7, 11) is 3.16. The third kappa shape index (κ3) is 5.42. The minimum absolute atomic E-state index is 0.187. The van der Waals surface area contributed by atoms with E-state index in [1.165, 1.54) is 11.8 Å². The van der Waals surface area contributed by atoms with Gasteiger partial charge in [-0.2, -0.15) is 0 Å². The number of rotatable bonds is 9. The fraction of sp³-hybridized carbons (Fsp3) is 0.333. The molecule has 1 heterocycles. The topological polar surface area (TPSA) is 86.8 Å². The minimum Gasteiger partial charge on any atom is -0.497 e. The van der Waals surface area contributed by atoms with Crippen LogP contribution in [0, 0.1) is 13.8 Å². The Kier molecular flexibility index (Phi) is 7.00. The van der Waals surface area contributed by atoms with Crippen LogP contribution in [0.2, 0.25) is 0 Å². The summed E-state index contributed by atoms with van der Waals surface area (Å²) in [6.07, 6.45) is -0.675. The highest BCUT2D eigenvalue weighted by Gasteiger charge is 2.15. The van der Waals surface area contributed by atoms with Gasteiger partial charge in [0.1, 0.15) is 23.9 Å². The molecule has 0 saturated carbocycles. The first-order chi connectivity index (χ1) is 14.0. The molecule has 154 valence electrons. The number of ether oxygens (including phenoxy) is 3. The molecule has 0 aliphatic heterocycles. The lowest BCUT2D eigenvalue weighted by Gasteiger charge is -2.14. The molecule has 29 heavy (non-hydrogen) atoms. The normalized spacial score (nSPS) is 11.9. The molecule has 0 bridgehead atoms. The first-order valence-corrected chi connectivity index (χ1v) is 10.1. The molecule has 0 radical (unpaired) electrons. The van der Waals surface area contributed by atoms with E-state index < -0.39 is 6.10 Å². The molecule has 1 atom stereocenters. The van der Waals surface area contributed by atoms with E-state index >= 15 is 0 Å². The molecule has 0 aliphatic carbocycles.